The fourth-order valence-corrected chi connectivity index (χ4v) is 3.83. The molecular formula is C22H22BrN5. The van der Waals surface area contributed by atoms with Gasteiger partial charge in [-0.3, -0.25) is 0 Å². The van der Waals surface area contributed by atoms with Crippen molar-refractivity contribution in [3.63, 3.8) is 0 Å². The quantitative estimate of drug-likeness (QED) is 0.437. The Balaban J connectivity index is 1.85. The third kappa shape index (κ3) is 3.40. The van der Waals surface area contributed by atoms with Gasteiger partial charge >= 0.3 is 0 Å². The maximum absolute atomic E-state index is 4.55. The van der Waals surface area contributed by atoms with Crippen LogP contribution in [0, 0.1) is 20.8 Å². The Morgan fingerprint density at radius 1 is 0.964 bits per heavy atom. The van der Waals surface area contributed by atoms with E-state index in [4.69, 9.17) is 0 Å². The molecule has 0 bridgehead atoms. The Kier molecular flexibility index (Phi) is 4.89. The van der Waals surface area contributed by atoms with E-state index in [-0.39, 0.29) is 5.92 Å². The molecule has 0 N–H and O–H groups in total. The van der Waals surface area contributed by atoms with E-state index in [0.717, 1.165) is 33.1 Å². The van der Waals surface area contributed by atoms with Crippen molar-refractivity contribution >= 4 is 15.9 Å². The molecule has 0 amide bonds. The van der Waals surface area contributed by atoms with Crippen LogP contribution in [0.5, 0.6) is 0 Å². The zero-order valence-electron chi connectivity index (χ0n) is 16.4. The molecule has 0 radical (unpaired) electrons. The van der Waals surface area contributed by atoms with E-state index in [1.165, 1.54) is 11.1 Å². The molecule has 1 unspecified atom stereocenters. The van der Waals surface area contributed by atoms with Crippen molar-refractivity contribution < 1.29 is 0 Å². The van der Waals surface area contributed by atoms with Crippen molar-refractivity contribution in [1.29, 1.82) is 0 Å². The van der Waals surface area contributed by atoms with Crippen LogP contribution >= 0.6 is 15.9 Å². The smallest absolute Gasteiger partial charge is 0.110 e. The standard InChI is InChI=1S/C22H22BrN5/c1-14-5-7-18(8-6-14)16(3)22-12-24-26-28(22)21-11-19(23)9-10-20(21)27-13-15(2)25-17(27)4/h5-13,16H,1-4H3. The second-order valence-corrected chi connectivity index (χ2v) is 8.05. The summed E-state index contributed by atoms with van der Waals surface area (Å²) in [4.78, 5) is 4.55. The van der Waals surface area contributed by atoms with Gasteiger partial charge in [-0.2, -0.15) is 0 Å². The number of hydrogen-bond acceptors (Lipinski definition) is 3. The fourth-order valence-electron chi connectivity index (χ4n) is 3.48. The minimum absolute atomic E-state index is 0.160. The summed E-state index contributed by atoms with van der Waals surface area (Å²) in [5.74, 6) is 1.10. The van der Waals surface area contributed by atoms with Gasteiger partial charge in [0, 0.05) is 16.6 Å². The third-order valence-electron chi connectivity index (χ3n) is 5.02. The lowest BCUT2D eigenvalue weighted by Crippen LogP contribution is -2.10. The van der Waals surface area contributed by atoms with Crippen LogP contribution < -0.4 is 0 Å². The summed E-state index contributed by atoms with van der Waals surface area (Å²) in [5.41, 5.74) is 6.49. The highest BCUT2D eigenvalue weighted by molar-refractivity contribution is 9.10. The van der Waals surface area contributed by atoms with Gasteiger partial charge in [0.1, 0.15) is 5.82 Å². The van der Waals surface area contributed by atoms with E-state index in [1.807, 2.05) is 37.0 Å². The molecule has 28 heavy (non-hydrogen) atoms. The topological polar surface area (TPSA) is 48.5 Å². The van der Waals surface area contributed by atoms with Crippen molar-refractivity contribution in [3.8, 4) is 11.4 Å². The van der Waals surface area contributed by atoms with Gasteiger partial charge in [0.25, 0.3) is 0 Å². The number of hydrogen-bond donors (Lipinski definition) is 0. The summed E-state index contributed by atoms with van der Waals surface area (Å²) in [6.45, 7) is 8.30. The largest absolute Gasteiger partial charge is 0.302 e. The highest BCUT2D eigenvalue weighted by Crippen LogP contribution is 2.30. The summed E-state index contributed by atoms with van der Waals surface area (Å²) in [6.07, 6.45) is 3.89. The third-order valence-corrected chi connectivity index (χ3v) is 5.52. The highest BCUT2D eigenvalue weighted by atomic mass is 79.9. The number of nitrogens with zero attached hydrogens (tertiary/aromatic N) is 5. The predicted octanol–water partition coefficient (Wildman–Crippen LogP) is 5.29. The molecule has 4 rings (SSSR count). The van der Waals surface area contributed by atoms with Gasteiger partial charge in [0.2, 0.25) is 0 Å². The van der Waals surface area contributed by atoms with Gasteiger partial charge in [0.15, 0.2) is 0 Å². The first-order valence-corrected chi connectivity index (χ1v) is 10.0. The molecule has 0 aliphatic carbocycles. The van der Waals surface area contributed by atoms with E-state index in [0.29, 0.717) is 0 Å². The molecule has 142 valence electrons. The van der Waals surface area contributed by atoms with Crippen LogP contribution in [0.2, 0.25) is 0 Å². The average molecular weight is 436 g/mol. The molecule has 2 heterocycles. The molecule has 0 aliphatic rings. The highest BCUT2D eigenvalue weighted by Gasteiger charge is 2.19. The second-order valence-electron chi connectivity index (χ2n) is 7.14. The second kappa shape index (κ2) is 7.36. The first-order chi connectivity index (χ1) is 13.4. The zero-order chi connectivity index (χ0) is 19.8. The number of rotatable bonds is 4. The van der Waals surface area contributed by atoms with Gasteiger partial charge in [0.05, 0.1) is 29.0 Å². The van der Waals surface area contributed by atoms with Crippen molar-refractivity contribution in [3.05, 3.63) is 87.7 Å². The van der Waals surface area contributed by atoms with Crippen LogP contribution in [0.25, 0.3) is 11.4 Å². The van der Waals surface area contributed by atoms with Gasteiger partial charge in [-0.1, -0.05) is 57.9 Å². The maximum atomic E-state index is 4.55. The van der Waals surface area contributed by atoms with Crippen LogP contribution in [-0.2, 0) is 0 Å². The van der Waals surface area contributed by atoms with E-state index in [2.05, 4.69) is 86.0 Å². The maximum Gasteiger partial charge on any atom is 0.110 e. The lowest BCUT2D eigenvalue weighted by Gasteiger charge is -2.17. The van der Waals surface area contributed by atoms with Crippen LogP contribution in [0.3, 0.4) is 0 Å². The Labute approximate surface area is 173 Å². The van der Waals surface area contributed by atoms with E-state index in [9.17, 15) is 0 Å². The first kappa shape index (κ1) is 18.6. The minimum Gasteiger partial charge on any atom is -0.302 e. The fraction of sp³-hybridized carbons (Fsp3) is 0.227. The summed E-state index contributed by atoms with van der Waals surface area (Å²) in [7, 11) is 0. The minimum atomic E-state index is 0.160. The first-order valence-electron chi connectivity index (χ1n) is 9.24. The molecule has 2 aromatic heterocycles. The van der Waals surface area contributed by atoms with E-state index >= 15 is 0 Å². The number of benzene rings is 2. The van der Waals surface area contributed by atoms with E-state index < -0.39 is 0 Å². The SMILES string of the molecule is Cc1ccc(C(C)c2cnnn2-c2cc(Br)ccc2-n2cc(C)nc2C)cc1. The Bertz CT molecular complexity index is 1120. The van der Waals surface area contributed by atoms with Crippen LogP contribution in [0.4, 0.5) is 0 Å². The molecular weight excluding hydrogens is 414 g/mol. The zero-order valence-corrected chi connectivity index (χ0v) is 18.0. The normalized spacial score (nSPS) is 12.3. The number of aryl methyl sites for hydroxylation is 3. The predicted molar refractivity (Wildman–Crippen MR) is 114 cm³/mol. The van der Waals surface area contributed by atoms with E-state index in [1.54, 1.807) is 0 Å². The molecule has 5 nitrogen and oxygen atoms in total. The lowest BCUT2D eigenvalue weighted by atomic mass is 9.97. The van der Waals surface area contributed by atoms with Gasteiger partial charge < -0.3 is 4.57 Å². The van der Waals surface area contributed by atoms with Crippen molar-refractivity contribution in [1.82, 2.24) is 24.5 Å². The monoisotopic (exact) mass is 435 g/mol. The molecule has 0 fully saturated rings. The number of aromatic nitrogens is 5. The summed E-state index contributed by atoms with van der Waals surface area (Å²) in [6, 6.07) is 14.8. The van der Waals surface area contributed by atoms with Crippen LogP contribution in [0.15, 0.2) is 59.3 Å². The summed E-state index contributed by atoms with van der Waals surface area (Å²) < 4.78 is 5.02. The van der Waals surface area contributed by atoms with Crippen molar-refractivity contribution in [2.75, 3.05) is 0 Å². The van der Waals surface area contributed by atoms with Crippen LogP contribution in [-0.4, -0.2) is 24.5 Å². The Morgan fingerprint density at radius 2 is 1.71 bits per heavy atom. The van der Waals surface area contributed by atoms with Crippen LogP contribution in [0.1, 0.15) is 41.2 Å². The molecule has 0 spiro atoms. The molecule has 6 heteroatoms. The molecule has 0 saturated heterocycles. The molecule has 0 aliphatic heterocycles. The Morgan fingerprint density at radius 3 is 2.39 bits per heavy atom. The van der Waals surface area contributed by atoms with Gasteiger partial charge in [-0.15, -0.1) is 5.10 Å². The lowest BCUT2D eigenvalue weighted by molar-refractivity contribution is 0.728. The van der Waals surface area contributed by atoms with Gasteiger partial charge in [-0.25, -0.2) is 9.67 Å². The van der Waals surface area contributed by atoms with Crippen molar-refractivity contribution in [2.45, 2.75) is 33.6 Å². The molecule has 4 aromatic rings. The Hall–Kier alpha value is -2.73. The number of imidazole rings is 1. The molecule has 1 atom stereocenters. The molecule has 0 saturated carbocycles. The molecule has 2 aromatic carbocycles. The number of halogens is 1. The summed E-state index contributed by atoms with van der Waals surface area (Å²) >= 11 is 3.61. The average Bonchev–Trinajstić information content (AvgIpc) is 3.28. The van der Waals surface area contributed by atoms with Gasteiger partial charge in [-0.05, 0) is 44.5 Å². The summed E-state index contributed by atoms with van der Waals surface area (Å²) in [5, 5.41) is 8.65. The van der Waals surface area contributed by atoms with Crippen molar-refractivity contribution in [2.24, 2.45) is 0 Å².